The molecule has 7 heteroatoms. The highest BCUT2D eigenvalue weighted by molar-refractivity contribution is 8.05. The van der Waals surface area contributed by atoms with Crippen molar-refractivity contribution in [3.63, 3.8) is 0 Å². The number of thioether (sulfide) groups is 1. The van der Waals surface area contributed by atoms with E-state index >= 15 is 0 Å². The van der Waals surface area contributed by atoms with Gasteiger partial charge in [-0.1, -0.05) is 12.1 Å². The van der Waals surface area contributed by atoms with Gasteiger partial charge in [0, 0.05) is 17.0 Å². The molecule has 0 spiro atoms. The summed E-state index contributed by atoms with van der Waals surface area (Å²) in [6.45, 7) is 7.67. The van der Waals surface area contributed by atoms with E-state index in [1.807, 2.05) is 68.7 Å². The van der Waals surface area contributed by atoms with Crippen molar-refractivity contribution in [2.24, 2.45) is 0 Å². The van der Waals surface area contributed by atoms with Crippen molar-refractivity contribution in [3.8, 4) is 18.0 Å². The van der Waals surface area contributed by atoms with Gasteiger partial charge in [-0.2, -0.15) is 10.5 Å². The zero-order chi connectivity index (χ0) is 21.4. The summed E-state index contributed by atoms with van der Waals surface area (Å²) in [7, 11) is 0. The number of rotatable bonds is 4. The fourth-order valence-corrected chi connectivity index (χ4v) is 5.32. The number of furan rings is 1. The van der Waals surface area contributed by atoms with Gasteiger partial charge in [-0.25, -0.2) is 4.98 Å². The average Bonchev–Trinajstić information content (AvgIpc) is 3.35. The summed E-state index contributed by atoms with van der Waals surface area (Å²) >= 11 is 2.94. The maximum atomic E-state index is 9.70. The molecule has 4 aromatic rings. The first-order chi connectivity index (χ1) is 14.4. The number of nitrogens with zero attached hydrogens (tertiary/aromatic N) is 4. The molecule has 4 rings (SSSR count). The Kier molecular flexibility index (Phi) is 5.26. The molecule has 0 bridgehead atoms. The van der Waals surface area contributed by atoms with E-state index in [-0.39, 0.29) is 0 Å². The van der Waals surface area contributed by atoms with Gasteiger partial charge >= 0.3 is 0 Å². The third-order valence-electron chi connectivity index (χ3n) is 5.02. The Labute approximate surface area is 182 Å². The topological polar surface area (TPSA) is 78.5 Å². The Balaban J connectivity index is 1.73. The van der Waals surface area contributed by atoms with Crippen LogP contribution >= 0.6 is 23.1 Å². The van der Waals surface area contributed by atoms with E-state index in [4.69, 9.17) is 4.42 Å². The first-order valence-electron chi connectivity index (χ1n) is 9.27. The molecule has 3 aromatic heterocycles. The molecule has 0 atom stereocenters. The number of benzene rings is 1. The first kappa shape index (κ1) is 20.0. The van der Waals surface area contributed by atoms with Crippen molar-refractivity contribution < 1.29 is 4.42 Å². The van der Waals surface area contributed by atoms with Gasteiger partial charge in [0.15, 0.2) is 4.34 Å². The van der Waals surface area contributed by atoms with Gasteiger partial charge in [0.05, 0.1) is 15.1 Å². The van der Waals surface area contributed by atoms with Crippen LogP contribution in [-0.2, 0) is 0 Å². The summed E-state index contributed by atoms with van der Waals surface area (Å²) in [5.74, 6) is 1.26. The Morgan fingerprint density at radius 2 is 1.97 bits per heavy atom. The largest absolute Gasteiger partial charge is 0.443 e. The van der Waals surface area contributed by atoms with E-state index < -0.39 is 0 Å². The lowest BCUT2D eigenvalue weighted by atomic mass is 10.2. The van der Waals surface area contributed by atoms with Crippen LogP contribution in [0, 0.1) is 50.4 Å². The summed E-state index contributed by atoms with van der Waals surface area (Å²) in [5.41, 5.74) is 5.08. The normalized spacial score (nSPS) is 11.6. The highest BCUT2D eigenvalue weighted by Crippen LogP contribution is 2.35. The van der Waals surface area contributed by atoms with Crippen LogP contribution in [0.1, 0.15) is 33.8 Å². The third-order valence-corrected chi connectivity index (χ3v) is 7.05. The van der Waals surface area contributed by atoms with Gasteiger partial charge in [-0.3, -0.25) is 4.57 Å². The summed E-state index contributed by atoms with van der Waals surface area (Å²) in [6.07, 6.45) is 1.87. The van der Waals surface area contributed by atoms with Crippen LogP contribution in [0.2, 0.25) is 0 Å². The molecular formula is C23H18N4OS2. The lowest BCUT2D eigenvalue weighted by molar-refractivity contribution is 0.503. The molecule has 0 N–H and O–H groups in total. The highest BCUT2D eigenvalue weighted by atomic mass is 32.2. The Morgan fingerprint density at radius 1 is 1.20 bits per heavy atom. The van der Waals surface area contributed by atoms with E-state index in [1.165, 1.54) is 11.8 Å². The molecule has 148 valence electrons. The standard InChI is InChI=1S/C23H18N4OS2/c1-13-9-17(15(3)27(13)22-19(12-25)14(2)16(4)28-22)10-18(11-24)29-23-26-20-7-5-6-8-21(20)30-23/h5-10H,1-4H3. The summed E-state index contributed by atoms with van der Waals surface area (Å²) in [4.78, 5) is 5.16. The van der Waals surface area contributed by atoms with E-state index in [0.717, 1.165) is 42.8 Å². The SMILES string of the molecule is Cc1oc(-n2c(C)cc(C=C(C#N)Sc3nc4ccccc4s3)c2C)c(C#N)c1C. The highest BCUT2D eigenvalue weighted by Gasteiger charge is 2.20. The molecule has 0 saturated carbocycles. The van der Waals surface area contributed by atoms with Gasteiger partial charge in [-0.05, 0) is 69.3 Å². The molecule has 3 heterocycles. The number of fused-ring (bicyclic) bond motifs is 1. The van der Waals surface area contributed by atoms with Crippen LogP contribution in [0.4, 0.5) is 0 Å². The van der Waals surface area contributed by atoms with Gasteiger partial charge in [-0.15, -0.1) is 11.3 Å². The summed E-state index contributed by atoms with van der Waals surface area (Å²) < 4.78 is 9.77. The first-order valence-corrected chi connectivity index (χ1v) is 10.9. The minimum atomic E-state index is 0.527. The molecule has 0 aliphatic carbocycles. The predicted octanol–water partition coefficient (Wildman–Crippen LogP) is 6.44. The molecule has 0 unspecified atom stereocenters. The maximum absolute atomic E-state index is 9.70. The monoisotopic (exact) mass is 430 g/mol. The van der Waals surface area contributed by atoms with E-state index in [2.05, 4.69) is 17.1 Å². The Bertz CT molecular complexity index is 1360. The van der Waals surface area contributed by atoms with Crippen molar-refractivity contribution >= 4 is 39.4 Å². The number of aromatic nitrogens is 2. The molecule has 30 heavy (non-hydrogen) atoms. The average molecular weight is 431 g/mol. The molecule has 5 nitrogen and oxygen atoms in total. The number of nitriles is 2. The second kappa shape index (κ2) is 7.87. The number of aryl methyl sites for hydroxylation is 2. The van der Waals surface area contributed by atoms with Gasteiger partial charge in [0.2, 0.25) is 5.88 Å². The molecule has 0 fully saturated rings. The van der Waals surface area contributed by atoms with Crippen LogP contribution in [0.3, 0.4) is 0 Å². The van der Waals surface area contributed by atoms with Gasteiger partial charge in [0.25, 0.3) is 0 Å². The van der Waals surface area contributed by atoms with Crippen molar-refractivity contribution in [2.45, 2.75) is 32.0 Å². The number of thiazole rings is 1. The number of allylic oxidation sites excluding steroid dienone is 1. The van der Waals surface area contributed by atoms with E-state index in [0.29, 0.717) is 16.4 Å². The van der Waals surface area contributed by atoms with Crippen molar-refractivity contribution in [3.05, 3.63) is 69.1 Å². The fourth-order valence-electron chi connectivity index (χ4n) is 3.36. The van der Waals surface area contributed by atoms with E-state index in [1.54, 1.807) is 11.3 Å². The number of para-hydroxylation sites is 1. The van der Waals surface area contributed by atoms with Crippen LogP contribution in [-0.4, -0.2) is 9.55 Å². The zero-order valence-corrected chi connectivity index (χ0v) is 18.6. The van der Waals surface area contributed by atoms with Gasteiger partial charge in [0.1, 0.15) is 23.5 Å². The summed E-state index contributed by atoms with van der Waals surface area (Å²) in [5, 5.41) is 19.3. The van der Waals surface area contributed by atoms with Crippen LogP contribution < -0.4 is 0 Å². The van der Waals surface area contributed by atoms with Crippen molar-refractivity contribution in [1.82, 2.24) is 9.55 Å². The smallest absolute Gasteiger partial charge is 0.222 e. The predicted molar refractivity (Wildman–Crippen MR) is 121 cm³/mol. The maximum Gasteiger partial charge on any atom is 0.222 e. The fraction of sp³-hybridized carbons (Fsp3) is 0.174. The second-order valence-corrected chi connectivity index (χ2v) is 9.23. The van der Waals surface area contributed by atoms with Crippen LogP contribution in [0.25, 0.3) is 22.2 Å². The third kappa shape index (κ3) is 3.43. The molecule has 1 aromatic carbocycles. The van der Waals surface area contributed by atoms with Crippen LogP contribution in [0.5, 0.6) is 0 Å². The second-order valence-electron chi connectivity index (χ2n) is 6.91. The lowest BCUT2D eigenvalue weighted by Gasteiger charge is -2.06. The molecule has 0 radical (unpaired) electrons. The molecule has 0 aliphatic heterocycles. The van der Waals surface area contributed by atoms with Crippen LogP contribution in [0.15, 0.2) is 44.0 Å². The van der Waals surface area contributed by atoms with E-state index in [9.17, 15) is 10.5 Å². The lowest BCUT2D eigenvalue weighted by Crippen LogP contribution is -2.00. The number of hydrogen-bond donors (Lipinski definition) is 0. The van der Waals surface area contributed by atoms with Gasteiger partial charge < -0.3 is 4.42 Å². The minimum Gasteiger partial charge on any atom is -0.443 e. The molecular weight excluding hydrogens is 412 g/mol. The van der Waals surface area contributed by atoms with Crippen molar-refractivity contribution in [2.75, 3.05) is 0 Å². The Morgan fingerprint density at radius 3 is 2.67 bits per heavy atom. The van der Waals surface area contributed by atoms with Crippen molar-refractivity contribution in [1.29, 1.82) is 10.5 Å². The molecule has 0 aliphatic rings. The summed E-state index contributed by atoms with van der Waals surface area (Å²) in [6, 6.07) is 14.5. The number of hydrogen-bond acceptors (Lipinski definition) is 6. The Hall–Kier alpha value is -3.26. The quantitative estimate of drug-likeness (QED) is 0.275. The minimum absolute atomic E-state index is 0.527. The molecule has 0 amide bonds. The zero-order valence-electron chi connectivity index (χ0n) is 17.0. The molecule has 0 saturated heterocycles.